The first-order chi connectivity index (χ1) is 9.67. The van der Waals surface area contributed by atoms with Gasteiger partial charge < -0.3 is 28.4 Å². The molecule has 0 aromatic carbocycles. The molecule has 0 atom stereocenters. The molecule has 6 nitrogen and oxygen atoms in total. The van der Waals surface area contributed by atoms with Gasteiger partial charge in [-0.3, -0.25) is 0 Å². The van der Waals surface area contributed by atoms with Crippen LogP contribution in [0.1, 0.15) is 6.92 Å². The third-order valence-corrected chi connectivity index (χ3v) is 2.64. The Kier molecular flexibility index (Phi) is 13.6. The van der Waals surface area contributed by atoms with Crippen molar-refractivity contribution in [2.24, 2.45) is 5.92 Å². The minimum Gasteiger partial charge on any atom is -0.382 e. The summed E-state index contributed by atoms with van der Waals surface area (Å²) in [5, 5.41) is 0. The first-order valence-electron chi connectivity index (χ1n) is 6.86. The number of ether oxygens (including phenoxy) is 6. The smallest absolute Gasteiger partial charge is 0.104 e. The average molecular weight is 294 g/mol. The highest BCUT2D eigenvalue weighted by Gasteiger charge is 2.14. The molecule has 0 saturated heterocycles. The predicted octanol–water partition coefficient (Wildman–Crippen LogP) is 0.979. The van der Waals surface area contributed by atoms with E-state index in [1.165, 1.54) is 0 Å². The van der Waals surface area contributed by atoms with Crippen molar-refractivity contribution in [2.75, 3.05) is 68.1 Å². The Balaban J connectivity index is 3.86. The van der Waals surface area contributed by atoms with Crippen LogP contribution < -0.4 is 0 Å². The fourth-order valence-electron chi connectivity index (χ4n) is 1.68. The van der Waals surface area contributed by atoms with Crippen LogP contribution in [0, 0.1) is 5.92 Å². The van der Waals surface area contributed by atoms with E-state index in [2.05, 4.69) is 6.92 Å². The molecule has 0 bridgehead atoms. The van der Waals surface area contributed by atoms with Gasteiger partial charge in [0.05, 0.1) is 39.6 Å². The third kappa shape index (κ3) is 10.5. The van der Waals surface area contributed by atoms with Crippen molar-refractivity contribution in [3.05, 3.63) is 0 Å². The van der Waals surface area contributed by atoms with Crippen molar-refractivity contribution in [2.45, 2.75) is 19.1 Å². The van der Waals surface area contributed by atoms with E-state index in [9.17, 15) is 0 Å². The Morgan fingerprint density at radius 3 is 1.10 bits per heavy atom. The van der Waals surface area contributed by atoms with Crippen LogP contribution in [0.4, 0.5) is 0 Å². The summed E-state index contributed by atoms with van der Waals surface area (Å²) >= 11 is 0. The molecule has 0 aromatic rings. The summed E-state index contributed by atoms with van der Waals surface area (Å²) in [5.74, 6) is 0.280. The molecule has 0 unspecified atom stereocenters. The van der Waals surface area contributed by atoms with Gasteiger partial charge in [0.2, 0.25) is 0 Å². The van der Waals surface area contributed by atoms with E-state index in [1.807, 2.05) is 0 Å². The fourth-order valence-corrected chi connectivity index (χ4v) is 1.68. The van der Waals surface area contributed by atoms with Crippen molar-refractivity contribution in [3.63, 3.8) is 0 Å². The Hall–Kier alpha value is -0.240. The normalized spacial score (nSPS) is 12.0. The van der Waals surface area contributed by atoms with Gasteiger partial charge in [-0.1, -0.05) is 6.92 Å². The van der Waals surface area contributed by atoms with Gasteiger partial charge >= 0.3 is 0 Å². The number of rotatable bonds is 14. The summed E-state index contributed by atoms with van der Waals surface area (Å²) in [6, 6.07) is 0. The molecule has 0 spiro atoms. The van der Waals surface area contributed by atoms with E-state index in [4.69, 9.17) is 28.4 Å². The molecule has 0 aliphatic rings. The molecule has 0 amide bonds. The molecule has 0 N–H and O–H groups in total. The first kappa shape index (κ1) is 19.8. The molecule has 0 aliphatic carbocycles. The van der Waals surface area contributed by atoms with Gasteiger partial charge in [0.15, 0.2) is 0 Å². The standard InChI is InChI=1S/C14H30O6/c1-12(6-19-13(8-15-2)9-16-3)7-20-14(10-17-4)11-18-5/h12-14H,6-11H2,1-5H3. The summed E-state index contributed by atoms with van der Waals surface area (Å²) in [6.07, 6.45) is -0.0811. The summed E-state index contributed by atoms with van der Waals surface area (Å²) < 4.78 is 31.8. The second-order valence-corrected chi connectivity index (χ2v) is 4.84. The van der Waals surface area contributed by atoms with Crippen molar-refractivity contribution >= 4 is 0 Å². The lowest BCUT2D eigenvalue weighted by Crippen LogP contribution is -2.30. The maximum Gasteiger partial charge on any atom is 0.104 e. The lowest BCUT2D eigenvalue weighted by Gasteiger charge is -2.21. The Labute approximate surface area is 122 Å². The highest BCUT2D eigenvalue weighted by atomic mass is 16.6. The third-order valence-electron chi connectivity index (χ3n) is 2.64. The molecule has 6 heteroatoms. The topological polar surface area (TPSA) is 55.4 Å². The number of methoxy groups -OCH3 is 4. The number of hydrogen-bond acceptors (Lipinski definition) is 6. The van der Waals surface area contributed by atoms with Gasteiger partial charge in [0.1, 0.15) is 12.2 Å². The molecule has 0 aromatic heterocycles. The van der Waals surface area contributed by atoms with Crippen LogP contribution in [-0.2, 0) is 28.4 Å². The lowest BCUT2D eigenvalue weighted by atomic mass is 10.2. The second kappa shape index (κ2) is 13.7. The zero-order valence-electron chi connectivity index (χ0n) is 13.4. The van der Waals surface area contributed by atoms with E-state index in [-0.39, 0.29) is 18.1 Å². The van der Waals surface area contributed by atoms with Crippen LogP contribution in [-0.4, -0.2) is 80.3 Å². The predicted molar refractivity (Wildman–Crippen MR) is 76.1 cm³/mol. The minimum atomic E-state index is -0.0406. The molecule has 0 fully saturated rings. The Morgan fingerprint density at radius 1 is 0.550 bits per heavy atom. The van der Waals surface area contributed by atoms with E-state index in [0.29, 0.717) is 39.6 Å². The van der Waals surface area contributed by atoms with E-state index in [0.717, 1.165) is 0 Å². The maximum atomic E-state index is 5.74. The molecule has 0 aliphatic heterocycles. The molecule has 0 heterocycles. The Morgan fingerprint density at radius 2 is 0.850 bits per heavy atom. The second-order valence-electron chi connectivity index (χ2n) is 4.84. The zero-order chi connectivity index (χ0) is 15.2. The summed E-state index contributed by atoms with van der Waals surface area (Å²) in [7, 11) is 6.61. The van der Waals surface area contributed by atoms with Gasteiger partial charge in [-0.15, -0.1) is 0 Å². The lowest BCUT2D eigenvalue weighted by molar-refractivity contribution is -0.0804. The largest absolute Gasteiger partial charge is 0.382 e. The fraction of sp³-hybridized carbons (Fsp3) is 1.00. The van der Waals surface area contributed by atoms with Crippen molar-refractivity contribution in [1.82, 2.24) is 0 Å². The molecular weight excluding hydrogens is 264 g/mol. The summed E-state index contributed by atoms with van der Waals surface area (Å²) in [5.41, 5.74) is 0. The van der Waals surface area contributed by atoms with Crippen molar-refractivity contribution < 1.29 is 28.4 Å². The van der Waals surface area contributed by atoms with Crippen LogP contribution in [0.3, 0.4) is 0 Å². The maximum absolute atomic E-state index is 5.74. The monoisotopic (exact) mass is 294 g/mol. The zero-order valence-corrected chi connectivity index (χ0v) is 13.4. The van der Waals surface area contributed by atoms with Gasteiger partial charge in [-0.05, 0) is 0 Å². The number of hydrogen-bond donors (Lipinski definition) is 0. The van der Waals surface area contributed by atoms with Crippen LogP contribution in [0.2, 0.25) is 0 Å². The van der Waals surface area contributed by atoms with Gasteiger partial charge in [-0.2, -0.15) is 0 Å². The quantitative estimate of drug-likeness (QED) is 0.476. The van der Waals surface area contributed by atoms with Gasteiger partial charge in [0.25, 0.3) is 0 Å². The molecular formula is C14H30O6. The molecule has 122 valence electrons. The highest BCUT2D eigenvalue weighted by Crippen LogP contribution is 2.04. The highest BCUT2D eigenvalue weighted by molar-refractivity contribution is 4.60. The molecule has 0 rings (SSSR count). The molecule has 0 radical (unpaired) electrons. The summed E-state index contributed by atoms with van der Waals surface area (Å²) in [4.78, 5) is 0. The van der Waals surface area contributed by atoms with Crippen molar-refractivity contribution in [3.8, 4) is 0 Å². The summed E-state index contributed by atoms with van der Waals surface area (Å²) in [6.45, 7) is 5.38. The SMILES string of the molecule is COCC(COC)OCC(C)COC(COC)COC. The van der Waals surface area contributed by atoms with Gasteiger partial charge in [-0.25, -0.2) is 0 Å². The van der Waals surface area contributed by atoms with E-state index in [1.54, 1.807) is 28.4 Å². The van der Waals surface area contributed by atoms with Crippen molar-refractivity contribution in [1.29, 1.82) is 0 Å². The van der Waals surface area contributed by atoms with E-state index >= 15 is 0 Å². The van der Waals surface area contributed by atoms with Crippen LogP contribution >= 0.6 is 0 Å². The molecule has 0 saturated carbocycles. The van der Waals surface area contributed by atoms with Gasteiger partial charge in [0, 0.05) is 34.4 Å². The van der Waals surface area contributed by atoms with Crippen LogP contribution in [0.25, 0.3) is 0 Å². The average Bonchev–Trinajstić information content (AvgIpc) is 2.43. The molecule has 20 heavy (non-hydrogen) atoms. The Bertz CT molecular complexity index is 170. The first-order valence-corrected chi connectivity index (χ1v) is 6.86. The van der Waals surface area contributed by atoms with Crippen LogP contribution in [0.15, 0.2) is 0 Å². The van der Waals surface area contributed by atoms with Crippen LogP contribution in [0.5, 0.6) is 0 Å². The van der Waals surface area contributed by atoms with E-state index < -0.39 is 0 Å². The minimum absolute atomic E-state index is 0.0406.